The van der Waals surface area contributed by atoms with Gasteiger partial charge in [0, 0.05) is 37.9 Å². The van der Waals surface area contributed by atoms with Crippen molar-refractivity contribution in [1.29, 1.82) is 0 Å². The van der Waals surface area contributed by atoms with E-state index in [9.17, 15) is 8.42 Å². The molecule has 164 valence electrons. The van der Waals surface area contributed by atoms with Crippen molar-refractivity contribution in [2.24, 2.45) is 5.92 Å². The highest BCUT2D eigenvalue weighted by Gasteiger charge is 2.25. The van der Waals surface area contributed by atoms with Gasteiger partial charge >= 0.3 is 0 Å². The molecule has 3 rings (SSSR count). The van der Waals surface area contributed by atoms with Crippen LogP contribution in [0.25, 0.3) is 0 Å². The molecule has 0 unspecified atom stereocenters. The molecule has 1 aliphatic heterocycles. The predicted octanol–water partition coefficient (Wildman–Crippen LogP) is 3.81. The number of anilines is 1. The smallest absolute Gasteiger partial charge is 0.218 e. The minimum atomic E-state index is -3.39. The maximum Gasteiger partial charge on any atom is 0.218 e. The van der Waals surface area contributed by atoms with Gasteiger partial charge in [-0.05, 0) is 49.7 Å². The fourth-order valence-electron chi connectivity index (χ4n) is 3.97. The van der Waals surface area contributed by atoms with Crippen LogP contribution in [0.1, 0.15) is 31.4 Å². The molecule has 0 spiro atoms. The van der Waals surface area contributed by atoms with Crippen LogP contribution in [-0.4, -0.2) is 57.4 Å². The summed E-state index contributed by atoms with van der Waals surface area (Å²) >= 11 is 0. The second-order valence-corrected chi connectivity index (χ2v) is 10.9. The highest BCUT2D eigenvalue weighted by molar-refractivity contribution is 7.88. The lowest BCUT2D eigenvalue weighted by Crippen LogP contribution is -2.34. The third kappa shape index (κ3) is 6.06. The number of hydrogen-bond acceptors (Lipinski definition) is 4. The molecule has 0 radical (unpaired) electrons. The van der Waals surface area contributed by atoms with Crippen LogP contribution in [0.2, 0.25) is 0 Å². The van der Waals surface area contributed by atoms with Gasteiger partial charge in [0.15, 0.2) is 0 Å². The van der Waals surface area contributed by atoms with E-state index in [1.807, 2.05) is 30.3 Å². The van der Waals surface area contributed by atoms with Gasteiger partial charge < -0.3 is 9.80 Å². The average molecular weight is 430 g/mol. The third-order valence-electron chi connectivity index (χ3n) is 5.71. The van der Waals surface area contributed by atoms with Crippen molar-refractivity contribution in [2.75, 3.05) is 38.6 Å². The second-order valence-electron chi connectivity index (χ2n) is 8.95. The summed E-state index contributed by atoms with van der Waals surface area (Å²) in [5.74, 6) is 0.306. The lowest BCUT2D eigenvalue weighted by Gasteiger charge is -2.25. The van der Waals surface area contributed by atoms with Crippen LogP contribution in [-0.2, 0) is 22.3 Å². The molecule has 2 aromatic rings. The van der Waals surface area contributed by atoms with Crippen LogP contribution in [0.5, 0.6) is 0 Å². The van der Waals surface area contributed by atoms with E-state index in [-0.39, 0.29) is 11.7 Å². The molecule has 1 heterocycles. The number of nitrogens with zero attached hydrogens (tertiary/aromatic N) is 3. The van der Waals surface area contributed by atoms with E-state index in [0.29, 0.717) is 19.1 Å². The summed E-state index contributed by atoms with van der Waals surface area (Å²) in [4.78, 5) is 4.70. The van der Waals surface area contributed by atoms with Crippen LogP contribution in [0, 0.1) is 5.92 Å². The molecule has 0 aromatic heterocycles. The predicted molar refractivity (Wildman–Crippen MR) is 125 cm³/mol. The summed E-state index contributed by atoms with van der Waals surface area (Å²) in [7, 11) is 0.877. The molecule has 0 bridgehead atoms. The number of hydrogen-bond donors (Lipinski definition) is 0. The van der Waals surface area contributed by atoms with Gasteiger partial charge in [-0.15, -0.1) is 0 Å². The standard InChI is InChI=1S/C24H35N3O2S/c1-20(2)16-27(30(28,29)19-22-8-6-5-7-9-22)17-21-10-12-23(13-11-21)26-15-14-24(18-26)25(3)4/h5-13,20,24H,14-19H2,1-4H3/t24-/m0/s1. The van der Waals surface area contributed by atoms with Gasteiger partial charge in [-0.2, -0.15) is 4.31 Å². The van der Waals surface area contributed by atoms with E-state index in [1.54, 1.807) is 4.31 Å². The SMILES string of the molecule is CC(C)CN(Cc1ccc(N2CC[C@H](N(C)C)C2)cc1)S(=O)(=O)Cc1ccccc1. The number of benzene rings is 2. The molecule has 0 aliphatic carbocycles. The summed E-state index contributed by atoms with van der Waals surface area (Å²) in [6.07, 6.45) is 1.18. The largest absolute Gasteiger partial charge is 0.370 e. The minimum absolute atomic E-state index is 0.0400. The van der Waals surface area contributed by atoms with E-state index >= 15 is 0 Å². The zero-order chi connectivity index (χ0) is 21.7. The van der Waals surface area contributed by atoms with E-state index in [1.165, 1.54) is 12.1 Å². The molecule has 0 N–H and O–H groups in total. The highest BCUT2D eigenvalue weighted by Crippen LogP contribution is 2.24. The summed E-state index contributed by atoms with van der Waals surface area (Å²) in [6.45, 7) is 7.15. The number of rotatable bonds is 9. The summed E-state index contributed by atoms with van der Waals surface area (Å²) in [6, 6.07) is 18.4. The Labute approximate surface area is 182 Å². The molecule has 1 saturated heterocycles. The first kappa shape index (κ1) is 22.8. The maximum absolute atomic E-state index is 13.1. The van der Waals surface area contributed by atoms with E-state index < -0.39 is 10.0 Å². The van der Waals surface area contributed by atoms with Gasteiger partial charge in [-0.25, -0.2) is 8.42 Å². The Hall–Kier alpha value is -1.89. The fraction of sp³-hybridized carbons (Fsp3) is 0.500. The van der Waals surface area contributed by atoms with Crippen molar-refractivity contribution in [3.8, 4) is 0 Å². The van der Waals surface area contributed by atoms with Gasteiger partial charge in [0.25, 0.3) is 0 Å². The number of sulfonamides is 1. The normalized spacial score (nSPS) is 17.4. The van der Waals surface area contributed by atoms with E-state index in [0.717, 1.165) is 24.2 Å². The monoisotopic (exact) mass is 429 g/mol. The summed E-state index contributed by atoms with van der Waals surface area (Å²) < 4.78 is 27.9. The van der Waals surface area contributed by atoms with Crippen LogP contribution in [0.3, 0.4) is 0 Å². The summed E-state index contributed by atoms with van der Waals surface area (Å²) in [5.41, 5.74) is 3.07. The molecule has 1 fully saturated rings. The van der Waals surface area contributed by atoms with Crippen molar-refractivity contribution in [2.45, 2.75) is 38.6 Å². The van der Waals surface area contributed by atoms with Crippen LogP contribution < -0.4 is 4.90 Å². The Morgan fingerprint density at radius 1 is 1.00 bits per heavy atom. The van der Waals surface area contributed by atoms with Crippen molar-refractivity contribution in [1.82, 2.24) is 9.21 Å². The Morgan fingerprint density at radius 2 is 1.67 bits per heavy atom. The average Bonchev–Trinajstić information content (AvgIpc) is 3.19. The topological polar surface area (TPSA) is 43.9 Å². The van der Waals surface area contributed by atoms with Crippen molar-refractivity contribution >= 4 is 15.7 Å². The Kier molecular flexibility index (Phi) is 7.55. The van der Waals surface area contributed by atoms with Crippen molar-refractivity contribution in [3.05, 3.63) is 65.7 Å². The van der Waals surface area contributed by atoms with Crippen molar-refractivity contribution < 1.29 is 8.42 Å². The Balaban J connectivity index is 1.70. The van der Waals surface area contributed by atoms with Gasteiger partial charge in [0.05, 0.1) is 5.75 Å². The van der Waals surface area contributed by atoms with Gasteiger partial charge in [0.1, 0.15) is 0 Å². The van der Waals surface area contributed by atoms with Gasteiger partial charge in [0.2, 0.25) is 10.0 Å². The first-order valence-corrected chi connectivity index (χ1v) is 12.4. The molecule has 5 nitrogen and oxygen atoms in total. The highest BCUT2D eigenvalue weighted by atomic mass is 32.2. The molecular weight excluding hydrogens is 394 g/mol. The maximum atomic E-state index is 13.1. The summed E-state index contributed by atoms with van der Waals surface area (Å²) in [5, 5.41) is 0. The molecule has 1 aliphatic rings. The lowest BCUT2D eigenvalue weighted by molar-refractivity contribution is 0.315. The minimum Gasteiger partial charge on any atom is -0.370 e. The second kappa shape index (κ2) is 9.94. The molecule has 0 amide bonds. The Bertz CT molecular complexity index is 896. The quantitative estimate of drug-likeness (QED) is 0.608. The first-order chi connectivity index (χ1) is 14.2. The molecule has 1 atom stereocenters. The zero-order valence-corrected chi connectivity index (χ0v) is 19.5. The Morgan fingerprint density at radius 3 is 2.23 bits per heavy atom. The van der Waals surface area contributed by atoms with Crippen LogP contribution in [0.4, 0.5) is 5.69 Å². The van der Waals surface area contributed by atoms with Crippen molar-refractivity contribution in [3.63, 3.8) is 0 Å². The fourth-order valence-corrected chi connectivity index (χ4v) is 5.64. The van der Waals surface area contributed by atoms with Gasteiger partial charge in [-0.1, -0.05) is 56.3 Å². The molecular formula is C24H35N3O2S. The van der Waals surface area contributed by atoms with E-state index in [4.69, 9.17) is 0 Å². The van der Waals surface area contributed by atoms with Crippen LogP contribution >= 0.6 is 0 Å². The van der Waals surface area contributed by atoms with E-state index in [2.05, 4.69) is 62.0 Å². The third-order valence-corrected chi connectivity index (χ3v) is 7.47. The molecule has 6 heteroatoms. The molecule has 2 aromatic carbocycles. The zero-order valence-electron chi connectivity index (χ0n) is 18.7. The van der Waals surface area contributed by atoms with Crippen LogP contribution in [0.15, 0.2) is 54.6 Å². The molecule has 0 saturated carbocycles. The first-order valence-electron chi connectivity index (χ1n) is 10.8. The van der Waals surface area contributed by atoms with Gasteiger partial charge in [-0.3, -0.25) is 0 Å². The number of likely N-dealkylation sites (N-methyl/N-ethyl adjacent to an activating group) is 1. The molecule has 30 heavy (non-hydrogen) atoms. The lowest BCUT2D eigenvalue weighted by atomic mass is 10.1.